The smallest absolute Gasteiger partial charge is 0.365 e. The van der Waals surface area contributed by atoms with Crippen molar-refractivity contribution in [2.24, 2.45) is 5.92 Å². The van der Waals surface area contributed by atoms with Crippen molar-refractivity contribution in [3.63, 3.8) is 0 Å². The minimum atomic E-state index is -4.68. The van der Waals surface area contributed by atoms with E-state index in [0.717, 1.165) is 52.4 Å². The third-order valence-electron chi connectivity index (χ3n) is 5.28. The van der Waals surface area contributed by atoms with Crippen molar-refractivity contribution >= 4 is 43.1 Å². The summed E-state index contributed by atoms with van der Waals surface area (Å²) in [5, 5.41) is 6.63. The molecule has 3 aromatic rings. The van der Waals surface area contributed by atoms with Crippen LogP contribution in [0.3, 0.4) is 0 Å². The molecule has 0 spiro atoms. The van der Waals surface area contributed by atoms with Gasteiger partial charge in [0, 0.05) is 18.2 Å². The summed E-state index contributed by atoms with van der Waals surface area (Å²) in [4.78, 5) is 20.9. The van der Waals surface area contributed by atoms with Gasteiger partial charge in [-0.1, -0.05) is 18.2 Å². The Morgan fingerprint density at radius 1 is 1.26 bits per heavy atom. The van der Waals surface area contributed by atoms with Crippen LogP contribution >= 0.6 is 11.3 Å². The van der Waals surface area contributed by atoms with E-state index in [1.54, 1.807) is 11.6 Å². The lowest BCUT2D eigenvalue weighted by Gasteiger charge is -2.18. The zero-order valence-electron chi connectivity index (χ0n) is 18.0. The quantitative estimate of drug-likeness (QED) is 0.466. The van der Waals surface area contributed by atoms with Crippen LogP contribution in [0.4, 0.5) is 19.0 Å². The van der Waals surface area contributed by atoms with Crippen molar-refractivity contribution < 1.29 is 26.4 Å². The summed E-state index contributed by atoms with van der Waals surface area (Å²) in [6, 6.07) is 6.72. The van der Waals surface area contributed by atoms with Crippen LogP contribution in [-0.2, 0) is 22.6 Å². The molecule has 2 N–H and O–H groups in total. The third kappa shape index (κ3) is 5.92. The average Bonchev–Trinajstić information content (AvgIpc) is 3.49. The Morgan fingerprint density at radius 2 is 2.03 bits per heavy atom. The lowest BCUT2D eigenvalue weighted by molar-refractivity contribution is -0.141. The van der Waals surface area contributed by atoms with Gasteiger partial charge >= 0.3 is 6.18 Å². The zero-order chi connectivity index (χ0) is 24.5. The molecule has 0 bridgehead atoms. The molecule has 7 nitrogen and oxygen atoms in total. The molecule has 1 aliphatic carbocycles. The van der Waals surface area contributed by atoms with Crippen LogP contribution < -0.4 is 10.6 Å². The number of pyridine rings is 1. The van der Waals surface area contributed by atoms with Crippen LogP contribution in [0, 0.1) is 5.92 Å². The highest BCUT2D eigenvalue weighted by Gasteiger charge is 2.35. The number of hydrogen-bond acceptors (Lipinski definition) is 7. The van der Waals surface area contributed by atoms with E-state index in [0.29, 0.717) is 0 Å². The number of amides is 1. The van der Waals surface area contributed by atoms with Gasteiger partial charge in [0.2, 0.25) is 0 Å². The summed E-state index contributed by atoms with van der Waals surface area (Å²) in [5.74, 6) is -0.782. The number of benzene rings is 1. The molecule has 1 saturated carbocycles. The highest BCUT2D eigenvalue weighted by atomic mass is 32.2. The molecular formula is C22H21F3N4O3S2. The number of anilines is 1. The summed E-state index contributed by atoms with van der Waals surface area (Å²) >= 11 is 1.41. The first-order valence-electron chi connectivity index (χ1n) is 10.3. The summed E-state index contributed by atoms with van der Waals surface area (Å²) in [7, 11) is -3.39. The minimum absolute atomic E-state index is 0.0668. The molecule has 4 rings (SSSR count). The zero-order valence-corrected chi connectivity index (χ0v) is 19.6. The highest BCUT2D eigenvalue weighted by molar-refractivity contribution is 7.93. The van der Waals surface area contributed by atoms with E-state index in [4.69, 9.17) is 0 Å². The summed E-state index contributed by atoms with van der Waals surface area (Å²) < 4.78 is 63.8. The molecule has 0 unspecified atom stereocenters. The number of fused-ring (bicyclic) bond motifs is 1. The Kier molecular flexibility index (Phi) is 6.63. The molecule has 0 radical (unpaired) electrons. The molecule has 1 atom stereocenters. The number of sulfone groups is 1. The Hall–Kier alpha value is -2.99. The van der Waals surface area contributed by atoms with Gasteiger partial charge < -0.3 is 10.6 Å². The first-order chi connectivity index (χ1) is 16.0. The van der Waals surface area contributed by atoms with Crippen LogP contribution in [0.25, 0.3) is 10.2 Å². The van der Waals surface area contributed by atoms with Gasteiger partial charge in [-0.3, -0.25) is 4.79 Å². The number of thiazole rings is 1. The van der Waals surface area contributed by atoms with E-state index in [1.807, 2.05) is 12.1 Å². The first-order valence-corrected chi connectivity index (χ1v) is 13.2. The van der Waals surface area contributed by atoms with Crippen LogP contribution in [0.2, 0.25) is 0 Å². The molecular weight excluding hydrogens is 489 g/mol. The van der Waals surface area contributed by atoms with E-state index in [2.05, 4.69) is 20.6 Å². The number of carbonyl (C=O) groups is 1. The number of nitrogens with zero attached hydrogens (tertiary/aromatic N) is 2. The van der Waals surface area contributed by atoms with Gasteiger partial charge in [0.25, 0.3) is 5.91 Å². The van der Waals surface area contributed by atoms with Crippen molar-refractivity contribution in [2.75, 3.05) is 11.6 Å². The van der Waals surface area contributed by atoms with Crippen LogP contribution in [0.1, 0.15) is 34.5 Å². The maximum Gasteiger partial charge on any atom is 0.433 e. The standard InChI is InChI=1S/C22H21F3N4O3S2/c1-34(31,32)10-9-16(13-5-6-13)28-21(30)15-7-8-18(22(23,24)25)29-20(15)26-11-14-3-2-4-17-19(14)33-12-27-17/h2-4,7-10,12-13,16H,5-6,11H2,1H3,(H,26,29)(H,28,30)/b10-9+/t16-/m1/s1. The third-order valence-corrected chi connectivity index (χ3v) is 6.84. The van der Waals surface area contributed by atoms with Crippen molar-refractivity contribution in [3.8, 4) is 0 Å². The number of halogens is 3. The SMILES string of the molecule is CS(=O)(=O)/C=C/[C@@H](NC(=O)c1ccc(C(F)(F)F)nc1NCc1cccc2ncsc12)C1CC1. The Labute approximate surface area is 198 Å². The predicted molar refractivity (Wildman–Crippen MR) is 124 cm³/mol. The topological polar surface area (TPSA) is 101 Å². The second-order valence-electron chi connectivity index (χ2n) is 8.06. The van der Waals surface area contributed by atoms with E-state index in [1.165, 1.54) is 17.4 Å². The summed E-state index contributed by atoms with van der Waals surface area (Å²) in [6.45, 7) is 0.133. The molecule has 0 aliphatic heterocycles. The average molecular weight is 511 g/mol. The van der Waals surface area contributed by atoms with Gasteiger partial charge in [-0.05, 0) is 42.5 Å². The molecule has 1 amide bonds. The highest BCUT2D eigenvalue weighted by Crippen LogP contribution is 2.34. The monoisotopic (exact) mass is 510 g/mol. The number of carbonyl (C=O) groups excluding carboxylic acids is 1. The molecule has 1 aromatic carbocycles. The van der Waals surface area contributed by atoms with E-state index < -0.39 is 33.7 Å². The van der Waals surface area contributed by atoms with Crippen molar-refractivity contribution in [3.05, 3.63) is 64.1 Å². The number of hydrogen-bond donors (Lipinski definition) is 2. The van der Waals surface area contributed by atoms with Gasteiger partial charge in [-0.15, -0.1) is 11.3 Å². The minimum Gasteiger partial charge on any atom is -0.365 e. The van der Waals surface area contributed by atoms with Crippen molar-refractivity contribution in [1.82, 2.24) is 15.3 Å². The van der Waals surface area contributed by atoms with Crippen LogP contribution in [-0.4, -0.2) is 36.6 Å². The molecule has 180 valence electrons. The van der Waals surface area contributed by atoms with Crippen LogP contribution in [0.15, 0.2) is 47.3 Å². The van der Waals surface area contributed by atoms with E-state index in [9.17, 15) is 26.4 Å². The van der Waals surface area contributed by atoms with Gasteiger partial charge in [-0.2, -0.15) is 13.2 Å². The molecule has 2 heterocycles. The lowest BCUT2D eigenvalue weighted by atomic mass is 10.1. The fourth-order valence-corrected chi connectivity index (χ4v) is 4.69. The number of rotatable bonds is 8. The largest absolute Gasteiger partial charge is 0.433 e. The number of nitrogens with one attached hydrogen (secondary N) is 2. The molecule has 1 fully saturated rings. The van der Waals surface area contributed by atoms with Crippen molar-refractivity contribution in [2.45, 2.75) is 31.6 Å². The van der Waals surface area contributed by atoms with Gasteiger partial charge in [0.15, 0.2) is 9.84 Å². The Morgan fingerprint density at radius 3 is 2.71 bits per heavy atom. The molecule has 34 heavy (non-hydrogen) atoms. The fourth-order valence-electron chi connectivity index (χ4n) is 3.43. The molecule has 12 heteroatoms. The molecule has 0 saturated heterocycles. The summed E-state index contributed by atoms with van der Waals surface area (Å²) in [5.41, 5.74) is 2.06. The molecule has 1 aliphatic rings. The Bertz CT molecular complexity index is 1350. The normalized spacial score (nSPS) is 15.5. The van der Waals surface area contributed by atoms with E-state index in [-0.39, 0.29) is 23.8 Å². The van der Waals surface area contributed by atoms with Gasteiger partial charge in [0.05, 0.1) is 27.3 Å². The predicted octanol–water partition coefficient (Wildman–Crippen LogP) is 4.39. The second kappa shape index (κ2) is 9.34. The first kappa shape index (κ1) is 24.1. The van der Waals surface area contributed by atoms with Gasteiger partial charge in [0.1, 0.15) is 11.5 Å². The number of alkyl halides is 3. The fraction of sp³-hybridized carbons (Fsp3) is 0.318. The van der Waals surface area contributed by atoms with Crippen LogP contribution in [0.5, 0.6) is 0 Å². The maximum atomic E-state index is 13.3. The maximum absolute atomic E-state index is 13.3. The number of aromatic nitrogens is 2. The lowest BCUT2D eigenvalue weighted by Crippen LogP contribution is -2.35. The van der Waals surface area contributed by atoms with E-state index >= 15 is 0 Å². The Balaban J connectivity index is 1.61. The van der Waals surface area contributed by atoms with Crippen molar-refractivity contribution in [1.29, 1.82) is 0 Å². The van der Waals surface area contributed by atoms with Gasteiger partial charge in [-0.25, -0.2) is 18.4 Å². The molecule has 2 aromatic heterocycles. The summed E-state index contributed by atoms with van der Waals surface area (Å²) in [6.07, 6.45) is -0.610. The second-order valence-corrected chi connectivity index (χ2v) is 10.8.